The van der Waals surface area contributed by atoms with Gasteiger partial charge in [0.05, 0.1) is 9.82 Å². The molecule has 0 aliphatic carbocycles. The first-order valence-corrected chi connectivity index (χ1v) is 8.97. The van der Waals surface area contributed by atoms with E-state index in [-0.39, 0.29) is 16.1 Å². The van der Waals surface area contributed by atoms with Crippen LogP contribution in [0, 0.1) is 17.0 Å². The Labute approximate surface area is 132 Å². The first-order valence-electron chi connectivity index (χ1n) is 6.26. The number of thioether (sulfide) groups is 1. The summed E-state index contributed by atoms with van der Waals surface area (Å²) < 4.78 is 27.4. The number of hydrogen-bond donors (Lipinski definition) is 1. The van der Waals surface area contributed by atoms with Crippen LogP contribution in [0.2, 0.25) is 0 Å². The molecule has 2 rings (SSSR count). The van der Waals surface area contributed by atoms with Gasteiger partial charge >= 0.3 is 0 Å². The molecule has 0 heterocycles. The molecule has 0 aliphatic heterocycles. The fourth-order valence-electron chi connectivity index (χ4n) is 1.99. The van der Waals surface area contributed by atoms with Crippen molar-refractivity contribution in [3.8, 4) is 0 Å². The lowest BCUT2D eigenvalue weighted by Gasteiger charge is -2.11. The Balaban J connectivity index is 2.43. The maximum absolute atomic E-state index is 12.5. The molecule has 2 aromatic rings. The van der Waals surface area contributed by atoms with Gasteiger partial charge in [-0.25, -0.2) is 8.42 Å². The number of hydrogen-bond acceptors (Lipinski definition) is 5. The summed E-state index contributed by atoms with van der Waals surface area (Å²) in [5.41, 5.74) is 0.305. The molecule has 116 valence electrons. The second kappa shape index (κ2) is 6.37. The quantitative estimate of drug-likeness (QED) is 0.512. The summed E-state index contributed by atoms with van der Waals surface area (Å²) in [5.74, 6) is 0. The summed E-state index contributed by atoms with van der Waals surface area (Å²) in [6, 6.07) is 10.9. The van der Waals surface area contributed by atoms with Crippen molar-refractivity contribution in [1.29, 1.82) is 0 Å². The number of rotatable bonds is 5. The van der Waals surface area contributed by atoms with E-state index in [1.165, 1.54) is 36.9 Å². The van der Waals surface area contributed by atoms with Crippen LogP contribution in [-0.2, 0) is 10.0 Å². The highest BCUT2D eigenvalue weighted by molar-refractivity contribution is 7.98. The van der Waals surface area contributed by atoms with Crippen molar-refractivity contribution in [3.05, 3.63) is 58.1 Å². The van der Waals surface area contributed by atoms with Crippen LogP contribution in [-0.4, -0.2) is 19.6 Å². The fourth-order valence-corrected chi connectivity index (χ4v) is 3.76. The molecule has 0 radical (unpaired) electrons. The number of nitrogens with zero attached hydrogens (tertiary/aromatic N) is 1. The number of nitrogens with one attached hydrogen (secondary N) is 1. The van der Waals surface area contributed by atoms with E-state index >= 15 is 0 Å². The molecule has 0 amide bonds. The Bertz CT molecular complexity index is 819. The molecule has 22 heavy (non-hydrogen) atoms. The molecule has 0 fully saturated rings. The van der Waals surface area contributed by atoms with Gasteiger partial charge in [0.2, 0.25) is 0 Å². The van der Waals surface area contributed by atoms with Crippen molar-refractivity contribution in [1.82, 2.24) is 0 Å². The Morgan fingerprint density at radius 2 is 1.86 bits per heavy atom. The summed E-state index contributed by atoms with van der Waals surface area (Å²) >= 11 is 1.49. The third-order valence-corrected chi connectivity index (χ3v) is 5.31. The molecular formula is C14H14N2O4S2. The molecule has 2 aromatic carbocycles. The van der Waals surface area contributed by atoms with Crippen molar-refractivity contribution in [2.75, 3.05) is 11.0 Å². The van der Waals surface area contributed by atoms with E-state index < -0.39 is 14.9 Å². The first-order chi connectivity index (χ1) is 10.3. The minimum absolute atomic E-state index is 0.101. The predicted molar refractivity (Wildman–Crippen MR) is 86.9 cm³/mol. The maximum atomic E-state index is 12.5. The lowest BCUT2D eigenvalue weighted by Crippen LogP contribution is -2.14. The van der Waals surface area contributed by atoms with E-state index in [4.69, 9.17) is 0 Å². The van der Waals surface area contributed by atoms with E-state index in [0.29, 0.717) is 5.69 Å². The Morgan fingerprint density at radius 3 is 2.50 bits per heavy atom. The molecule has 6 nitrogen and oxygen atoms in total. The molecule has 0 aromatic heterocycles. The zero-order valence-corrected chi connectivity index (χ0v) is 13.6. The summed E-state index contributed by atoms with van der Waals surface area (Å²) in [6.07, 6.45) is 1.89. The number of nitro groups is 1. The van der Waals surface area contributed by atoms with Gasteiger partial charge in [0, 0.05) is 22.2 Å². The third-order valence-electron chi connectivity index (χ3n) is 3.06. The molecule has 0 atom stereocenters. The van der Waals surface area contributed by atoms with Gasteiger partial charge < -0.3 is 0 Å². The number of nitro benzene ring substituents is 1. The molecule has 0 saturated carbocycles. The Morgan fingerprint density at radius 1 is 1.18 bits per heavy atom. The highest BCUT2D eigenvalue weighted by Crippen LogP contribution is 2.27. The lowest BCUT2D eigenvalue weighted by atomic mass is 10.2. The predicted octanol–water partition coefficient (Wildman–Crippen LogP) is 3.43. The van der Waals surface area contributed by atoms with Crippen molar-refractivity contribution in [2.45, 2.75) is 16.7 Å². The monoisotopic (exact) mass is 338 g/mol. The van der Waals surface area contributed by atoms with E-state index in [2.05, 4.69) is 4.72 Å². The molecule has 0 unspecified atom stereocenters. The van der Waals surface area contributed by atoms with Gasteiger partial charge in [-0.1, -0.05) is 12.1 Å². The Kier molecular flexibility index (Phi) is 4.72. The lowest BCUT2D eigenvalue weighted by molar-refractivity contribution is -0.385. The molecule has 8 heteroatoms. The van der Waals surface area contributed by atoms with Gasteiger partial charge in [-0.05, 0) is 37.4 Å². The molecule has 0 saturated heterocycles. The van der Waals surface area contributed by atoms with E-state index in [9.17, 15) is 18.5 Å². The summed E-state index contributed by atoms with van der Waals surface area (Å²) in [4.78, 5) is 11.1. The maximum Gasteiger partial charge on any atom is 0.273 e. The van der Waals surface area contributed by atoms with Crippen LogP contribution < -0.4 is 4.72 Å². The normalized spacial score (nSPS) is 11.2. The summed E-state index contributed by atoms with van der Waals surface area (Å²) in [5, 5.41) is 10.9. The summed E-state index contributed by atoms with van der Waals surface area (Å²) in [6.45, 7) is 1.42. The SMILES string of the molecule is CSc1cccc(NS(=O)(=O)c2cccc([N+](=O)[O-])c2C)c1. The third kappa shape index (κ3) is 3.40. The molecule has 0 aliphatic rings. The van der Waals surface area contributed by atoms with Gasteiger partial charge in [0.15, 0.2) is 0 Å². The highest BCUT2D eigenvalue weighted by atomic mass is 32.2. The fraction of sp³-hybridized carbons (Fsp3) is 0.143. The first kappa shape index (κ1) is 16.3. The van der Waals surface area contributed by atoms with Crippen molar-refractivity contribution < 1.29 is 13.3 Å². The van der Waals surface area contributed by atoms with Crippen molar-refractivity contribution in [3.63, 3.8) is 0 Å². The standard InChI is InChI=1S/C14H14N2O4S2/c1-10-13(16(17)18)7-4-8-14(10)22(19,20)15-11-5-3-6-12(9-11)21-2/h3-9,15H,1-2H3. The van der Waals surface area contributed by atoms with Crippen LogP contribution in [0.25, 0.3) is 0 Å². The van der Waals surface area contributed by atoms with Gasteiger partial charge in [-0.15, -0.1) is 11.8 Å². The number of sulfonamides is 1. The van der Waals surface area contributed by atoms with Crippen LogP contribution in [0.15, 0.2) is 52.3 Å². The van der Waals surface area contributed by atoms with Gasteiger partial charge in [-0.3, -0.25) is 14.8 Å². The van der Waals surface area contributed by atoms with E-state index in [1.54, 1.807) is 18.2 Å². The van der Waals surface area contributed by atoms with Crippen LogP contribution in [0.1, 0.15) is 5.56 Å². The molecule has 1 N–H and O–H groups in total. The minimum Gasteiger partial charge on any atom is -0.280 e. The highest BCUT2D eigenvalue weighted by Gasteiger charge is 2.22. The largest absolute Gasteiger partial charge is 0.280 e. The molecule has 0 bridgehead atoms. The average Bonchev–Trinajstić information content (AvgIpc) is 2.46. The molecular weight excluding hydrogens is 324 g/mol. The van der Waals surface area contributed by atoms with Crippen molar-refractivity contribution >= 4 is 33.2 Å². The number of benzene rings is 2. The van der Waals surface area contributed by atoms with Crippen LogP contribution in [0.3, 0.4) is 0 Å². The van der Waals surface area contributed by atoms with Crippen LogP contribution in [0.4, 0.5) is 11.4 Å². The number of anilines is 1. The second-order valence-corrected chi connectivity index (χ2v) is 7.03. The Hall–Kier alpha value is -2.06. The zero-order chi connectivity index (χ0) is 16.3. The van der Waals surface area contributed by atoms with E-state index in [1.807, 2.05) is 12.3 Å². The van der Waals surface area contributed by atoms with Gasteiger partial charge in [0.1, 0.15) is 0 Å². The topological polar surface area (TPSA) is 89.3 Å². The minimum atomic E-state index is -3.89. The van der Waals surface area contributed by atoms with Gasteiger partial charge in [0.25, 0.3) is 15.7 Å². The zero-order valence-electron chi connectivity index (χ0n) is 11.9. The van der Waals surface area contributed by atoms with Crippen LogP contribution in [0.5, 0.6) is 0 Å². The van der Waals surface area contributed by atoms with E-state index in [0.717, 1.165) is 4.90 Å². The smallest absolute Gasteiger partial charge is 0.273 e. The van der Waals surface area contributed by atoms with Crippen LogP contribution >= 0.6 is 11.8 Å². The summed E-state index contributed by atoms with van der Waals surface area (Å²) in [7, 11) is -3.89. The average molecular weight is 338 g/mol. The van der Waals surface area contributed by atoms with Gasteiger partial charge in [-0.2, -0.15) is 0 Å². The second-order valence-electron chi connectivity index (χ2n) is 4.49. The van der Waals surface area contributed by atoms with Crippen molar-refractivity contribution in [2.24, 2.45) is 0 Å². The molecule has 0 spiro atoms.